The zero-order valence-electron chi connectivity index (χ0n) is 8.83. The van der Waals surface area contributed by atoms with Gasteiger partial charge in [0.1, 0.15) is 11.6 Å². The monoisotopic (exact) mass is 247 g/mol. The first-order valence-electron chi connectivity index (χ1n) is 4.93. The number of phenols is 1. The molecule has 7 nitrogen and oxygen atoms in total. The summed E-state index contributed by atoms with van der Waals surface area (Å²) in [5.41, 5.74) is 0.499. The molecule has 2 heterocycles. The third-order valence-electron chi connectivity index (χ3n) is 2.25. The summed E-state index contributed by atoms with van der Waals surface area (Å²) in [6, 6.07) is 3.65. The molecular formula is C10H6FN5O2. The molecule has 0 aliphatic rings. The van der Waals surface area contributed by atoms with Crippen LogP contribution in [0.2, 0.25) is 0 Å². The van der Waals surface area contributed by atoms with E-state index in [9.17, 15) is 4.39 Å². The average Bonchev–Trinajstić information content (AvgIpc) is 2.99. The minimum absolute atomic E-state index is 0.00509. The molecule has 0 saturated carbocycles. The first kappa shape index (κ1) is 10.4. The van der Waals surface area contributed by atoms with E-state index in [1.807, 2.05) is 0 Å². The molecule has 90 valence electrons. The summed E-state index contributed by atoms with van der Waals surface area (Å²) in [6.07, 6.45) is 1.42. The molecule has 2 N–H and O–H groups in total. The number of nitrogens with zero attached hydrogens (tertiary/aromatic N) is 4. The lowest BCUT2D eigenvalue weighted by Crippen LogP contribution is -1.85. The Morgan fingerprint density at radius 1 is 1.33 bits per heavy atom. The van der Waals surface area contributed by atoms with Gasteiger partial charge in [-0.25, -0.2) is 4.39 Å². The van der Waals surface area contributed by atoms with Gasteiger partial charge < -0.3 is 9.63 Å². The number of H-pyrrole nitrogens is 1. The fourth-order valence-electron chi connectivity index (χ4n) is 1.42. The molecule has 1 aromatic carbocycles. The fraction of sp³-hybridized carbons (Fsp3) is 0. The van der Waals surface area contributed by atoms with Crippen LogP contribution in [0, 0.1) is 5.82 Å². The van der Waals surface area contributed by atoms with Crippen LogP contribution in [-0.2, 0) is 0 Å². The van der Waals surface area contributed by atoms with Gasteiger partial charge in [-0.2, -0.15) is 20.4 Å². The van der Waals surface area contributed by atoms with E-state index in [1.165, 1.54) is 18.3 Å². The second-order valence-electron chi connectivity index (χ2n) is 3.44. The van der Waals surface area contributed by atoms with Crippen LogP contribution in [-0.4, -0.2) is 30.7 Å². The molecule has 8 heteroatoms. The van der Waals surface area contributed by atoms with Crippen LogP contribution in [0.3, 0.4) is 0 Å². The molecule has 18 heavy (non-hydrogen) atoms. The number of benzene rings is 1. The normalized spacial score (nSPS) is 10.7. The molecule has 0 unspecified atom stereocenters. The number of halogens is 1. The Morgan fingerprint density at radius 2 is 2.22 bits per heavy atom. The first-order valence-corrected chi connectivity index (χ1v) is 4.93. The molecule has 0 aliphatic heterocycles. The van der Waals surface area contributed by atoms with Crippen LogP contribution in [0.15, 0.2) is 28.9 Å². The van der Waals surface area contributed by atoms with Crippen molar-refractivity contribution in [2.45, 2.75) is 0 Å². The van der Waals surface area contributed by atoms with Crippen LogP contribution in [0.1, 0.15) is 0 Å². The summed E-state index contributed by atoms with van der Waals surface area (Å²) in [5, 5.41) is 22.6. The minimum atomic E-state index is -0.648. The lowest BCUT2D eigenvalue weighted by Gasteiger charge is -1.97. The van der Waals surface area contributed by atoms with Crippen molar-refractivity contribution >= 4 is 0 Å². The summed E-state index contributed by atoms with van der Waals surface area (Å²) < 4.78 is 18.5. The number of aromatic nitrogens is 5. The summed E-state index contributed by atoms with van der Waals surface area (Å²) in [5.74, 6) is -0.616. The molecule has 3 aromatic rings. The SMILES string of the molecule is Oc1ccc(-c2nc(-c3cn[nH]n3)no2)c(F)c1. The highest BCUT2D eigenvalue weighted by Gasteiger charge is 2.15. The van der Waals surface area contributed by atoms with Gasteiger partial charge in [-0.05, 0) is 12.1 Å². The van der Waals surface area contributed by atoms with Gasteiger partial charge in [0.15, 0.2) is 5.69 Å². The van der Waals surface area contributed by atoms with Gasteiger partial charge in [0.05, 0.1) is 11.8 Å². The largest absolute Gasteiger partial charge is 0.508 e. The van der Waals surface area contributed by atoms with E-state index in [-0.39, 0.29) is 23.0 Å². The molecular weight excluding hydrogens is 241 g/mol. The number of phenolic OH excluding ortho intramolecular Hbond substituents is 1. The van der Waals surface area contributed by atoms with Gasteiger partial charge >= 0.3 is 0 Å². The molecule has 0 radical (unpaired) electrons. The first-order chi connectivity index (χ1) is 8.74. The van der Waals surface area contributed by atoms with Crippen LogP contribution in [0.25, 0.3) is 23.0 Å². The molecule has 0 spiro atoms. The molecule has 2 aromatic heterocycles. The average molecular weight is 247 g/mol. The zero-order valence-corrected chi connectivity index (χ0v) is 8.83. The second kappa shape index (κ2) is 3.91. The van der Waals surface area contributed by atoms with Crippen molar-refractivity contribution in [3.63, 3.8) is 0 Å². The molecule has 3 rings (SSSR count). The Bertz CT molecular complexity index is 679. The summed E-state index contributed by atoms with van der Waals surface area (Å²) in [4.78, 5) is 3.99. The van der Waals surface area contributed by atoms with E-state index in [1.54, 1.807) is 0 Å². The second-order valence-corrected chi connectivity index (χ2v) is 3.44. The number of nitrogens with one attached hydrogen (secondary N) is 1. The Balaban J connectivity index is 2.03. The lowest BCUT2D eigenvalue weighted by atomic mass is 10.2. The quantitative estimate of drug-likeness (QED) is 0.709. The summed E-state index contributed by atoms with van der Waals surface area (Å²) in [7, 11) is 0. The van der Waals surface area contributed by atoms with Crippen molar-refractivity contribution in [1.29, 1.82) is 0 Å². The van der Waals surface area contributed by atoms with Crippen molar-refractivity contribution in [3.05, 3.63) is 30.2 Å². The van der Waals surface area contributed by atoms with E-state index >= 15 is 0 Å². The van der Waals surface area contributed by atoms with Crippen molar-refractivity contribution < 1.29 is 14.0 Å². The fourth-order valence-corrected chi connectivity index (χ4v) is 1.42. The number of hydrogen-bond acceptors (Lipinski definition) is 6. The van der Waals surface area contributed by atoms with Crippen LogP contribution in [0.5, 0.6) is 5.75 Å². The van der Waals surface area contributed by atoms with Gasteiger partial charge in [-0.1, -0.05) is 5.16 Å². The van der Waals surface area contributed by atoms with E-state index in [4.69, 9.17) is 9.63 Å². The number of aromatic amines is 1. The molecule has 0 atom stereocenters. The Kier molecular flexibility index (Phi) is 2.26. The van der Waals surface area contributed by atoms with E-state index in [2.05, 4.69) is 25.6 Å². The highest BCUT2D eigenvalue weighted by molar-refractivity contribution is 5.58. The Hall–Kier alpha value is -2.77. The van der Waals surface area contributed by atoms with Gasteiger partial charge in [0.2, 0.25) is 5.82 Å². The predicted molar refractivity (Wildman–Crippen MR) is 56.7 cm³/mol. The van der Waals surface area contributed by atoms with Crippen molar-refractivity contribution in [2.24, 2.45) is 0 Å². The maximum atomic E-state index is 13.6. The highest BCUT2D eigenvalue weighted by atomic mass is 19.1. The molecule has 0 amide bonds. The topological polar surface area (TPSA) is 101 Å². The van der Waals surface area contributed by atoms with Crippen LogP contribution in [0.4, 0.5) is 4.39 Å². The molecule has 0 saturated heterocycles. The van der Waals surface area contributed by atoms with E-state index < -0.39 is 5.82 Å². The van der Waals surface area contributed by atoms with E-state index in [0.717, 1.165) is 6.07 Å². The lowest BCUT2D eigenvalue weighted by molar-refractivity contribution is 0.428. The van der Waals surface area contributed by atoms with Crippen LogP contribution >= 0.6 is 0 Å². The maximum absolute atomic E-state index is 13.6. The van der Waals surface area contributed by atoms with Crippen molar-refractivity contribution in [3.8, 4) is 28.7 Å². The molecule has 0 fully saturated rings. The minimum Gasteiger partial charge on any atom is -0.508 e. The Morgan fingerprint density at radius 3 is 2.94 bits per heavy atom. The highest BCUT2D eigenvalue weighted by Crippen LogP contribution is 2.25. The Labute approximate surface area is 99.3 Å². The predicted octanol–water partition coefficient (Wildman–Crippen LogP) is 1.37. The zero-order chi connectivity index (χ0) is 12.5. The third kappa shape index (κ3) is 1.69. The number of hydrogen-bond donors (Lipinski definition) is 2. The standard InChI is InChI=1S/C10H6FN5O2/c11-7-3-5(17)1-2-6(7)10-13-9(15-18-10)8-4-12-16-14-8/h1-4,17H,(H,12,14,16). The van der Waals surface area contributed by atoms with E-state index in [0.29, 0.717) is 5.69 Å². The molecule has 0 bridgehead atoms. The number of aromatic hydroxyl groups is 1. The summed E-state index contributed by atoms with van der Waals surface area (Å²) >= 11 is 0. The number of rotatable bonds is 2. The third-order valence-corrected chi connectivity index (χ3v) is 2.25. The van der Waals surface area contributed by atoms with Crippen molar-refractivity contribution in [1.82, 2.24) is 25.6 Å². The van der Waals surface area contributed by atoms with Gasteiger partial charge in [0.25, 0.3) is 5.89 Å². The smallest absolute Gasteiger partial charge is 0.261 e. The van der Waals surface area contributed by atoms with Crippen molar-refractivity contribution in [2.75, 3.05) is 0 Å². The maximum Gasteiger partial charge on any atom is 0.261 e. The van der Waals surface area contributed by atoms with Gasteiger partial charge in [0, 0.05) is 6.07 Å². The van der Waals surface area contributed by atoms with Crippen LogP contribution < -0.4 is 0 Å². The molecule has 0 aliphatic carbocycles. The summed E-state index contributed by atoms with van der Waals surface area (Å²) in [6.45, 7) is 0. The van der Waals surface area contributed by atoms with Gasteiger partial charge in [-0.3, -0.25) is 0 Å². The van der Waals surface area contributed by atoms with Gasteiger partial charge in [-0.15, -0.1) is 0 Å².